The van der Waals surface area contributed by atoms with Crippen LogP contribution in [-0.4, -0.2) is 77.0 Å². The molecule has 0 bridgehead atoms. The number of nitrogens with one attached hydrogen (secondary N) is 3. The molecule has 9 N–H and O–H groups in total. The van der Waals surface area contributed by atoms with Crippen LogP contribution in [0.1, 0.15) is 0 Å². The molecule has 0 unspecified atom stereocenters. The molecule has 24 heteroatoms. The summed E-state index contributed by atoms with van der Waals surface area (Å²) in [5.41, 5.74) is -1.98. The third-order valence-electron chi connectivity index (χ3n) is 6.29. The molecular weight excluding hydrogens is 715 g/mol. The molecule has 5 rings (SSSR count). The van der Waals surface area contributed by atoms with E-state index in [2.05, 4.69) is 25.6 Å². The van der Waals surface area contributed by atoms with Crippen LogP contribution in [0.15, 0.2) is 72.9 Å². The van der Waals surface area contributed by atoms with E-state index in [1.54, 1.807) is 0 Å². The van der Waals surface area contributed by atoms with Crippen LogP contribution in [0.2, 0.25) is 0 Å². The Morgan fingerprint density at radius 1 is 0.532 bits per heavy atom. The molecule has 4 aromatic carbocycles. The van der Waals surface area contributed by atoms with E-state index in [1.165, 1.54) is 0 Å². The Kier molecular flexibility index (Phi) is 7.89. The highest BCUT2D eigenvalue weighted by molar-refractivity contribution is 7.86. The normalized spacial score (nSPS) is 12.8. The quantitative estimate of drug-likeness (QED) is 0.102. The first-order chi connectivity index (χ1) is 21.5. The fourth-order valence-corrected chi connectivity index (χ4v) is 6.58. The van der Waals surface area contributed by atoms with Crippen LogP contribution in [-0.2, 0) is 40.5 Å². The van der Waals surface area contributed by atoms with Crippen LogP contribution in [0.25, 0.3) is 21.5 Å². The standard InChI is InChI=1S/C23H17N5O15S4/c29-17-7-13(46(38,39)40)3-9-1-11(44(32,33)34)5-15(19(9)17)24-21-26-22(28-23(31)27-21)25-16-6-12(45(35,36)37)2-10-4-14(47(41,42)43)8-18(30)20(10)16/h1-8,29-30H,(H,32,33,34)(H,35,36,37)(H,38,39,40)(H,41,42,43)(H3,24,25,26,27,28,31). The van der Waals surface area contributed by atoms with E-state index in [0.717, 1.165) is 36.4 Å². The van der Waals surface area contributed by atoms with Crippen molar-refractivity contribution in [3.63, 3.8) is 0 Å². The number of nitrogens with zero attached hydrogens (tertiary/aromatic N) is 2. The highest BCUT2D eigenvalue weighted by Crippen LogP contribution is 2.39. The highest BCUT2D eigenvalue weighted by atomic mass is 32.2. The van der Waals surface area contributed by atoms with Crippen molar-refractivity contribution in [2.75, 3.05) is 10.6 Å². The van der Waals surface area contributed by atoms with E-state index in [0.29, 0.717) is 12.1 Å². The Morgan fingerprint density at radius 3 is 1.28 bits per heavy atom. The van der Waals surface area contributed by atoms with Crippen molar-refractivity contribution >= 4 is 85.3 Å². The average Bonchev–Trinajstić information content (AvgIpc) is 2.90. The number of hydrogen-bond acceptors (Lipinski definition) is 15. The van der Waals surface area contributed by atoms with Gasteiger partial charge in [-0.3, -0.25) is 23.2 Å². The van der Waals surface area contributed by atoms with E-state index >= 15 is 0 Å². The first-order valence-corrected chi connectivity index (χ1v) is 17.8. The Labute approximate surface area is 262 Å². The summed E-state index contributed by atoms with van der Waals surface area (Å²) in [6.45, 7) is 0. The molecule has 1 heterocycles. The zero-order valence-electron chi connectivity index (χ0n) is 22.5. The number of anilines is 4. The molecule has 0 saturated carbocycles. The number of phenolic OH excluding ortho intramolecular Hbond substituents is 2. The van der Waals surface area contributed by atoms with Gasteiger partial charge in [-0.15, -0.1) is 0 Å². The second kappa shape index (κ2) is 11.1. The van der Waals surface area contributed by atoms with Gasteiger partial charge in [-0.05, 0) is 47.2 Å². The second-order valence-corrected chi connectivity index (χ2v) is 15.2. The molecule has 0 radical (unpaired) electrons. The van der Waals surface area contributed by atoms with Gasteiger partial charge in [0.1, 0.15) is 11.5 Å². The van der Waals surface area contributed by atoms with E-state index < -0.39 is 101 Å². The van der Waals surface area contributed by atoms with Gasteiger partial charge in [0.25, 0.3) is 40.5 Å². The van der Waals surface area contributed by atoms with Crippen molar-refractivity contribution in [3.05, 3.63) is 59.0 Å². The number of fused-ring (bicyclic) bond motifs is 2. The Hall–Kier alpha value is -4.95. The molecule has 0 aliphatic heterocycles. The summed E-state index contributed by atoms with van der Waals surface area (Å²) in [7, 11) is -19.8. The summed E-state index contributed by atoms with van der Waals surface area (Å²) >= 11 is 0. The van der Waals surface area contributed by atoms with Crippen molar-refractivity contribution in [1.82, 2.24) is 15.0 Å². The number of aromatic hydroxyl groups is 2. The first kappa shape index (κ1) is 33.4. The fraction of sp³-hybridized carbons (Fsp3) is 0. The van der Waals surface area contributed by atoms with Crippen molar-refractivity contribution < 1.29 is 62.1 Å². The lowest BCUT2D eigenvalue weighted by Gasteiger charge is -2.15. The Bertz CT molecular complexity index is 2490. The van der Waals surface area contributed by atoms with E-state index in [4.69, 9.17) is 0 Å². The number of phenols is 2. The SMILES string of the molecule is O=c1nc(Nc2cc(S(=O)(=O)O)cc3cc(S(=O)(=O)O)cc(O)c23)nc(Nc2cc(S(=O)(=O)O)cc3cc(S(=O)(=O)O)cc(O)c23)[nH]1. The summed E-state index contributed by atoms with van der Waals surface area (Å²) in [6.07, 6.45) is 0. The van der Waals surface area contributed by atoms with Gasteiger partial charge >= 0.3 is 5.69 Å². The van der Waals surface area contributed by atoms with Crippen LogP contribution < -0.4 is 16.3 Å². The fourth-order valence-electron chi connectivity index (χ4n) is 4.42. The molecular formula is C23H17N5O15S4. The van der Waals surface area contributed by atoms with Gasteiger partial charge in [0.05, 0.1) is 31.0 Å². The van der Waals surface area contributed by atoms with Crippen molar-refractivity contribution in [2.45, 2.75) is 19.6 Å². The minimum atomic E-state index is -4.98. The molecule has 1 aromatic heterocycles. The molecule has 248 valence electrons. The summed E-state index contributed by atoms with van der Waals surface area (Å²) in [6, 6.07) is 5.85. The number of H-pyrrole nitrogens is 1. The van der Waals surface area contributed by atoms with Gasteiger partial charge in [0, 0.05) is 22.9 Å². The number of rotatable bonds is 8. The molecule has 0 saturated heterocycles. The van der Waals surface area contributed by atoms with Crippen molar-refractivity contribution in [2.24, 2.45) is 0 Å². The van der Waals surface area contributed by atoms with Gasteiger partial charge < -0.3 is 20.8 Å². The third kappa shape index (κ3) is 6.93. The van der Waals surface area contributed by atoms with Gasteiger partial charge in [-0.1, -0.05) is 0 Å². The van der Waals surface area contributed by atoms with Crippen LogP contribution in [0.3, 0.4) is 0 Å². The van der Waals surface area contributed by atoms with Crippen LogP contribution in [0.5, 0.6) is 11.5 Å². The van der Waals surface area contributed by atoms with Crippen molar-refractivity contribution in [3.8, 4) is 11.5 Å². The summed E-state index contributed by atoms with van der Waals surface area (Å²) in [5.74, 6) is -2.86. The Morgan fingerprint density at radius 2 is 0.894 bits per heavy atom. The predicted molar refractivity (Wildman–Crippen MR) is 160 cm³/mol. The summed E-state index contributed by atoms with van der Waals surface area (Å²) < 4.78 is 132. The molecule has 0 aliphatic carbocycles. The third-order valence-corrected chi connectivity index (χ3v) is 9.62. The monoisotopic (exact) mass is 731 g/mol. The van der Waals surface area contributed by atoms with E-state index in [-0.39, 0.29) is 21.5 Å². The average molecular weight is 732 g/mol. The maximum absolute atomic E-state index is 12.5. The summed E-state index contributed by atoms with van der Waals surface area (Å²) in [5, 5.41) is 24.8. The minimum absolute atomic E-state index is 0.287. The topological polar surface area (TPSA) is 341 Å². The number of hydrogen-bond donors (Lipinski definition) is 9. The molecule has 0 atom stereocenters. The van der Waals surface area contributed by atoms with Crippen LogP contribution in [0, 0.1) is 0 Å². The number of aromatic nitrogens is 3. The minimum Gasteiger partial charge on any atom is -0.507 e. The lowest BCUT2D eigenvalue weighted by Crippen LogP contribution is -2.17. The molecule has 0 spiro atoms. The van der Waals surface area contributed by atoms with E-state index in [1.807, 2.05) is 0 Å². The smallest absolute Gasteiger partial charge is 0.351 e. The maximum Gasteiger partial charge on any atom is 0.351 e. The maximum atomic E-state index is 12.5. The first-order valence-electron chi connectivity index (χ1n) is 12.0. The largest absolute Gasteiger partial charge is 0.507 e. The van der Waals surface area contributed by atoms with Gasteiger partial charge in [0.15, 0.2) is 0 Å². The summed E-state index contributed by atoms with van der Waals surface area (Å²) in [4.78, 5) is 18.7. The molecule has 47 heavy (non-hydrogen) atoms. The lowest BCUT2D eigenvalue weighted by atomic mass is 10.1. The van der Waals surface area contributed by atoms with Crippen LogP contribution >= 0.6 is 0 Å². The van der Waals surface area contributed by atoms with Crippen molar-refractivity contribution in [1.29, 1.82) is 0 Å². The number of benzene rings is 4. The number of aromatic amines is 1. The zero-order chi connectivity index (χ0) is 34.9. The Balaban J connectivity index is 1.68. The lowest BCUT2D eigenvalue weighted by molar-refractivity contribution is 0.470. The zero-order valence-corrected chi connectivity index (χ0v) is 25.8. The van der Waals surface area contributed by atoms with E-state index in [9.17, 15) is 66.9 Å². The molecule has 20 nitrogen and oxygen atoms in total. The molecule has 0 fully saturated rings. The van der Waals surface area contributed by atoms with Gasteiger partial charge in [-0.2, -0.15) is 43.6 Å². The second-order valence-electron chi connectivity index (χ2n) is 9.50. The molecule has 0 aliphatic rings. The highest BCUT2D eigenvalue weighted by Gasteiger charge is 2.22. The molecule has 5 aromatic rings. The van der Waals surface area contributed by atoms with Gasteiger partial charge in [-0.25, -0.2) is 4.79 Å². The van der Waals surface area contributed by atoms with Crippen LogP contribution in [0.4, 0.5) is 23.3 Å². The molecule has 0 amide bonds. The van der Waals surface area contributed by atoms with Gasteiger partial charge in [0.2, 0.25) is 11.9 Å². The predicted octanol–water partition coefficient (Wildman–Crippen LogP) is 1.36.